The first-order chi connectivity index (χ1) is 6.90. The third-order valence-electron chi connectivity index (χ3n) is 2.68. The molecule has 0 aromatic rings. The predicted octanol–water partition coefficient (Wildman–Crippen LogP) is 1.03. The van der Waals surface area contributed by atoms with E-state index in [4.69, 9.17) is 5.73 Å². The summed E-state index contributed by atoms with van der Waals surface area (Å²) >= 11 is 0. The molecule has 0 saturated carbocycles. The lowest BCUT2D eigenvalue weighted by atomic mass is 10.1. The minimum atomic E-state index is 0.0526. The minimum absolute atomic E-state index is 0.0526. The third kappa shape index (κ3) is 6.33. The summed E-state index contributed by atoms with van der Waals surface area (Å²) in [6.45, 7) is 8.08. The summed E-state index contributed by atoms with van der Waals surface area (Å²) in [6, 6.07) is 0. The van der Waals surface area contributed by atoms with Crippen LogP contribution < -0.4 is 11.1 Å². The van der Waals surface area contributed by atoms with Crippen LogP contribution in [0.25, 0.3) is 0 Å². The maximum Gasteiger partial charge on any atom is 0.188 e. The van der Waals surface area contributed by atoms with Gasteiger partial charge in [-0.25, -0.2) is 0 Å². The van der Waals surface area contributed by atoms with Crippen LogP contribution in [0.2, 0.25) is 0 Å². The van der Waals surface area contributed by atoms with Crippen LogP contribution in [0, 0.1) is 0 Å². The standard InChI is InChI=1S/C11H26N4/c1-6-7-8-13-10(12)14-9-11(2,3)15(4)5/h6-9H2,1-5H3,(H3,12,13,14). The number of nitrogens with two attached hydrogens (primary N) is 1. The van der Waals surface area contributed by atoms with E-state index in [0.717, 1.165) is 13.0 Å². The summed E-state index contributed by atoms with van der Waals surface area (Å²) in [7, 11) is 4.10. The SMILES string of the molecule is CCCCNC(N)=NCC(C)(C)N(C)C. The van der Waals surface area contributed by atoms with Gasteiger partial charge in [0.25, 0.3) is 0 Å². The fraction of sp³-hybridized carbons (Fsp3) is 0.909. The number of nitrogens with zero attached hydrogens (tertiary/aromatic N) is 2. The van der Waals surface area contributed by atoms with E-state index in [9.17, 15) is 0 Å². The predicted molar refractivity (Wildman–Crippen MR) is 67.2 cm³/mol. The summed E-state index contributed by atoms with van der Waals surface area (Å²) in [6.07, 6.45) is 2.30. The average Bonchev–Trinajstić information content (AvgIpc) is 2.15. The van der Waals surface area contributed by atoms with Crippen LogP contribution in [0.15, 0.2) is 4.99 Å². The van der Waals surface area contributed by atoms with Gasteiger partial charge in [-0.1, -0.05) is 13.3 Å². The number of likely N-dealkylation sites (N-methyl/N-ethyl adjacent to an activating group) is 1. The highest BCUT2D eigenvalue weighted by Crippen LogP contribution is 2.09. The van der Waals surface area contributed by atoms with Gasteiger partial charge in [-0.3, -0.25) is 4.99 Å². The number of hydrogen-bond donors (Lipinski definition) is 2. The van der Waals surface area contributed by atoms with Crippen molar-refractivity contribution in [2.75, 3.05) is 27.2 Å². The molecule has 4 nitrogen and oxygen atoms in total. The Balaban J connectivity index is 3.93. The summed E-state index contributed by atoms with van der Waals surface area (Å²) < 4.78 is 0. The molecule has 0 aliphatic heterocycles. The van der Waals surface area contributed by atoms with Gasteiger partial charge < -0.3 is 16.0 Å². The molecule has 15 heavy (non-hydrogen) atoms. The monoisotopic (exact) mass is 214 g/mol. The largest absolute Gasteiger partial charge is 0.370 e. The van der Waals surface area contributed by atoms with Crippen LogP contribution in [-0.4, -0.2) is 43.6 Å². The lowest BCUT2D eigenvalue weighted by molar-refractivity contribution is 0.205. The second-order valence-electron chi connectivity index (χ2n) is 4.69. The molecule has 0 atom stereocenters. The first kappa shape index (κ1) is 14.2. The van der Waals surface area contributed by atoms with Crippen LogP contribution in [0.3, 0.4) is 0 Å². The normalized spacial score (nSPS) is 13.3. The van der Waals surface area contributed by atoms with Crippen LogP contribution in [0.5, 0.6) is 0 Å². The van der Waals surface area contributed by atoms with E-state index in [0.29, 0.717) is 12.5 Å². The molecule has 0 aromatic carbocycles. The zero-order valence-electron chi connectivity index (χ0n) is 10.8. The fourth-order valence-corrected chi connectivity index (χ4v) is 0.869. The van der Waals surface area contributed by atoms with Crippen molar-refractivity contribution in [3.05, 3.63) is 0 Å². The number of guanidine groups is 1. The second-order valence-corrected chi connectivity index (χ2v) is 4.69. The molecular formula is C11H26N4. The van der Waals surface area contributed by atoms with Crippen LogP contribution in [-0.2, 0) is 0 Å². The molecule has 0 unspecified atom stereocenters. The quantitative estimate of drug-likeness (QED) is 0.394. The Morgan fingerprint density at radius 1 is 1.40 bits per heavy atom. The molecule has 90 valence electrons. The number of rotatable bonds is 6. The number of hydrogen-bond acceptors (Lipinski definition) is 2. The fourth-order valence-electron chi connectivity index (χ4n) is 0.869. The van der Waals surface area contributed by atoms with E-state index in [2.05, 4.69) is 50.1 Å². The molecule has 0 saturated heterocycles. The van der Waals surface area contributed by atoms with Crippen molar-refractivity contribution in [3.8, 4) is 0 Å². The summed E-state index contributed by atoms with van der Waals surface area (Å²) in [5.74, 6) is 0.554. The van der Waals surface area contributed by atoms with Gasteiger partial charge in [0, 0.05) is 12.1 Å². The molecular weight excluding hydrogens is 188 g/mol. The minimum Gasteiger partial charge on any atom is -0.370 e. The molecule has 0 amide bonds. The molecule has 0 aromatic heterocycles. The maximum absolute atomic E-state index is 5.74. The lowest BCUT2D eigenvalue weighted by Gasteiger charge is -2.30. The summed E-state index contributed by atoms with van der Waals surface area (Å²) in [4.78, 5) is 6.48. The summed E-state index contributed by atoms with van der Waals surface area (Å²) in [5, 5.41) is 3.10. The van der Waals surface area contributed by atoms with Crippen molar-refractivity contribution in [2.24, 2.45) is 10.7 Å². The number of unbranched alkanes of at least 4 members (excludes halogenated alkanes) is 1. The Bertz CT molecular complexity index is 197. The van der Waals surface area contributed by atoms with E-state index < -0.39 is 0 Å². The lowest BCUT2D eigenvalue weighted by Crippen LogP contribution is -2.42. The molecule has 0 heterocycles. The molecule has 4 heteroatoms. The molecule has 0 aliphatic rings. The highest BCUT2D eigenvalue weighted by Gasteiger charge is 2.19. The molecule has 0 bridgehead atoms. The van der Waals surface area contributed by atoms with Gasteiger partial charge in [0.05, 0.1) is 6.54 Å². The molecule has 0 fully saturated rings. The smallest absolute Gasteiger partial charge is 0.188 e. The Kier molecular flexibility index (Phi) is 6.32. The number of aliphatic imine (C=N–C) groups is 1. The molecule has 0 spiro atoms. The van der Waals surface area contributed by atoms with E-state index in [-0.39, 0.29) is 5.54 Å². The van der Waals surface area contributed by atoms with E-state index in [1.165, 1.54) is 6.42 Å². The van der Waals surface area contributed by atoms with Crippen molar-refractivity contribution >= 4 is 5.96 Å². The Labute approximate surface area is 93.9 Å². The Morgan fingerprint density at radius 3 is 2.47 bits per heavy atom. The average molecular weight is 214 g/mol. The van der Waals surface area contributed by atoms with Gasteiger partial charge in [-0.2, -0.15) is 0 Å². The van der Waals surface area contributed by atoms with Crippen LogP contribution >= 0.6 is 0 Å². The molecule has 0 aliphatic carbocycles. The van der Waals surface area contributed by atoms with Crippen molar-refractivity contribution in [1.29, 1.82) is 0 Å². The third-order valence-corrected chi connectivity index (χ3v) is 2.68. The van der Waals surface area contributed by atoms with Crippen molar-refractivity contribution in [1.82, 2.24) is 10.2 Å². The van der Waals surface area contributed by atoms with Crippen molar-refractivity contribution < 1.29 is 0 Å². The van der Waals surface area contributed by atoms with Crippen molar-refractivity contribution in [3.63, 3.8) is 0 Å². The van der Waals surface area contributed by atoms with E-state index in [1.54, 1.807) is 0 Å². The zero-order valence-corrected chi connectivity index (χ0v) is 10.8. The van der Waals surface area contributed by atoms with Gasteiger partial charge in [-0.05, 0) is 34.4 Å². The highest BCUT2D eigenvalue weighted by atomic mass is 15.2. The second kappa shape index (κ2) is 6.67. The van der Waals surface area contributed by atoms with Gasteiger partial charge in [-0.15, -0.1) is 0 Å². The highest BCUT2D eigenvalue weighted by molar-refractivity contribution is 5.77. The summed E-state index contributed by atoms with van der Waals surface area (Å²) in [5.41, 5.74) is 5.79. The van der Waals surface area contributed by atoms with Gasteiger partial charge in [0.2, 0.25) is 0 Å². The Hall–Kier alpha value is -0.770. The topological polar surface area (TPSA) is 53.6 Å². The van der Waals surface area contributed by atoms with Crippen LogP contribution in [0.4, 0.5) is 0 Å². The maximum atomic E-state index is 5.74. The number of nitrogens with one attached hydrogen (secondary N) is 1. The molecule has 3 N–H and O–H groups in total. The zero-order chi connectivity index (χ0) is 11.9. The Morgan fingerprint density at radius 2 is 2.00 bits per heavy atom. The first-order valence-corrected chi connectivity index (χ1v) is 5.61. The first-order valence-electron chi connectivity index (χ1n) is 5.61. The molecule has 0 rings (SSSR count). The van der Waals surface area contributed by atoms with E-state index in [1.807, 2.05) is 0 Å². The van der Waals surface area contributed by atoms with Gasteiger partial charge in [0.15, 0.2) is 5.96 Å². The van der Waals surface area contributed by atoms with Crippen LogP contribution in [0.1, 0.15) is 33.6 Å². The van der Waals surface area contributed by atoms with Gasteiger partial charge in [0.1, 0.15) is 0 Å². The van der Waals surface area contributed by atoms with Crippen molar-refractivity contribution in [2.45, 2.75) is 39.2 Å². The molecule has 0 radical (unpaired) electrons. The van der Waals surface area contributed by atoms with Gasteiger partial charge >= 0.3 is 0 Å². The van der Waals surface area contributed by atoms with E-state index >= 15 is 0 Å².